The third-order valence-corrected chi connectivity index (χ3v) is 2.05. The molecule has 1 heterocycles. The molecule has 0 amide bonds. The van der Waals surface area contributed by atoms with Crippen LogP contribution in [0.25, 0.3) is 0 Å². The van der Waals surface area contributed by atoms with Crippen molar-refractivity contribution in [3.63, 3.8) is 0 Å². The smallest absolute Gasteiger partial charge is 0.132 e. The average molecular weight is 151 g/mol. The summed E-state index contributed by atoms with van der Waals surface area (Å²) in [4.78, 5) is 0. The van der Waals surface area contributed by atoms with Gasteiger partial charge in [-0.25, -0.2) is 4.39 Å². The molecule has 1 nitrogen and oxygen atoms in total. The predicted molar refractivity (Wildman–Crippen MR) is 42.1 cm³/mol. The van der Waals surface area contributed by atoms with Crippen LogP contribution in [0.4, 0.5) is 4.39 Å². The van der Waals surface area contributed by atoms with Crippen molar-refractivity contribution in [1.29, 1.82) is 0 Å². The van der Waals surface area contributed by atoms with Crippen LogP contribution in [0.3, 0.4) is 0 Å². The van der Waals surface area contributed by atoms with Crippen LogP contribution in [0.15, 0.2) is 30.3 Å². The summed E-state index contributed by atoms with van der Waals surface area (Å²) < 4.78 is 12.8. The van der Waals surface area contributed by atoms with Gasteiger partial charge in [-0.2, -0.15) is 0 Å². The molecule has 0 radical (unpaired) electrons. The Hall–Kier alpha value is -0.890. The lowest BCUT2D eigenvalue weighted by molar-refractivity contribution is 0.159. The quantitative estimate of drug-likeness (QED) is 0.643. The van der Waals surface area contributed by atoms with Gasteiger partial charge in [-0.1, -0.05) is 30.3 Å². The average Bonchev–Trinajstić information content (AvgIpc) is 2.04. The third-order valence-electron chi connectivity index (χ3n) is 2.05. The lowest BCUT2D eigenvalue weighted by Crippen LogP contribution is -2.47. The number of halogens is 1. The van der Waals surface area contributed by atoms with Crippen molar-refractivity contribution in [2.75, 3.05) is 6.54 Å². The van der Waals surface area contributed by atoms with E-state index in [0.717, 1.165) is 5.56 Å². The summed E-state index contributed by atoms with van der Waals surface area (Å²) in [5.74, 6) is 0. The summed E-state index contributed by atoms with van der Waals surface area (Å²) in [5.41, 5.74) is 1.05. The van der Waals surface area contributed by atoms with Crippen LogP contribution in [0.1, 0.15) is 11.6 Å². The van der Waals surface area contributed by atoms with E-state index in [9.17, 15) is 4.39 Å². The molecule has 0 spiro atoms. The Bertz CT molecular complexity index is 235. The summed E-state index contributed by atoms with van der Waals surface area (Å²) in [5, 5.41) is 3.04. The largest absolute Gasteiger partial charge is 0.304 e. The molecule has 1 aliphatic heterocycles. The molecule has 11 heavy (non-hydrogen) atoms. The molecule has 1 aromatic carbocycles. The van der Waals surface area contributed by atoms with Gasteiger partial charge in [-0.15, -0.1) is 0 Å². The van der Waals surface area contributed by atoms with E-state index in [1.165, 1.54) is 0 Å². The highest BCUT2D eigenvalue weighted by Gasteiger charge is 2.30. The molecule has 2 atom stereocenters. The Morgan fingerprint density at radius 2 is 2.00 bits per heavy atom. The van der Waals surface area contributed by atoms with Gasteiger partial charge in [0.15, 0.2) is 0 Å². The van der Waals surface area contributed by atoms with Gasteiger partial charge in [0, 0.05) is 6.54 Å². The molecule has 0 unspecified atom stereocenters. The third kappa shape index (κ3) is 1.14. The summed E-state index contributed by atoms with van der Waals surface area (Å²) in [6.07, 6.45) is -0.697. The molecule has 1 aliphatic rings. The Balaban J connectivity index is 2.17. The van der Waals surface area contributed by atoms with Crippen molar-refractivity contribution in [2.24, 2.45) is 0 Å². The molecular weight excluding hydrogens is 141 g/mol. The van der Waals surface area contributed by atoms with E-state index in [1.807, 2.05) is 30.3 Å². The number of rotatable bonds is 1. The van der Waals surface area contributed by atoms with Gasteiger partial charge in [-0.05, 0) is 5.56 Å². The Morgan fingerprint density at radius 3 is 2.45 bits per heavy atom. The SMILES string of the molecule is F[C@H]1CN[C@H]1c1ccccc1. The monoisotopic (exact) mass is 151 g/mol. The van der Waals surface area contributed by atoms with E-state index in [1.54, 1.807) is 0 Å². The zero-order chi connectivity index (χ0) is 7.68. The van der Waals surface area contributed by atoms with Gasteiger partial charge in [-0.3, -0.25) is 0 Å². The molecule has 2 rings (SSSR count). The lowest BCUT2D eigenvalue weighted by atomic mass is 9.96. The van der Waals surface area contributed by atoms with E-state index in [0.29, 0.717) is 6.54 Å². The molecule has 1 aromatic rings. The van der Waals surface area contributed by atoms with E-state index >= 15 is 0 Å². The number of hydrogen-bond donors (Lipinski definition) is 1. The fourth-order valence-corrected chi connectivity index (χ4v) is 1.31. The van der Waals surface area contributed by atoms with Crippen molar-refractivity contribution in [2.45, 2.75) is 12.2 Å². The van der Waals surface area contributed by atoms with E-state index in [2.05, 4.69) is 5.32 Å². The molecule has 1 saturated heterocycles. The van der Waals surface area contributed by atoms with E-state index < -0.39 is 6.17 Å². The Kier molecular flexibility index (Phi) is 1.62. The van der Waals surface area contributed by atoms with E-state index in [4.69, 9.17) is 0 Å². The number of alkyl halides is 1. The molecule has 2 heteroatoms. The first kappa shape index (κ1) is 6.80. The fourth-order valence-electron chi connectivity index (χ4n) is 1.31. The van der Waals surface area contributed by atoms with Crippen molar-refractivity contribution in [3.05, 3.63) is 35.9 Å². The molecule has 0 saturated carbocycles. The second kappa shape index (κ2) is 2.62. The molecular formula is C9H10FN. The van der Waals surface area contributed by atoms with Gasteiger partial charge < -0.3 is 5.32 Å². The van der Waals surface area contributed by atoms with Crippen molar-refractivity contribution >= 4 is 0 Å². The zero-order valence-electron chi connectivity index (χ0n) is 6.13. The predicted octanol–water partition coefficient (Wildman–Crippen LogP) is 1.67. The fraction of sp³-hybridized carbons (Fsp3) is 0.333. The minimum atomic E-state index is -0.697. The summed E-state index contributed by atoms with van der Waals surface area (Å²) in [6, 6.07) is 9.64. The first-order valence-corrected chi connectivity index (χ1v) is 3.80. The van der Waals surface area contributed by atoms with Crippen LogP contribution in [-0.2, 0) is 0 Å². The van der Waals surface area contributed by atoms with Crippen molar-refractivity contribution in [3.8, 4) is 0 Å². The molecule has 1 fully saturated rings. The number of hydrogen-bond acceptors (Lipinski definition) is 1. The highest BCUT2D eigenvalue weighted by Crippen LogP contribution is 2.25. The zero-order valence-corrected chi connectivity index (χ0v) is 6.13. The van der Waals surface area contributed by atoms with Crippen molar-refractivity contribution < 1.29 is 4.39 Å². The van der Waals surface area contributed by atoms with Gasteiger partial charge in [0.1, 0.15) is 6.17 Å². The van der Waals surface area contributed by atoms with Crippen LogP contribution in [-0.4, -0.2) is 12.7 Å². The van der Waals surface area contributed by atoms with Crippen LogP contribution in [0.2, 0.25) is 0 Å². The molecule has 0 aliphatic carbocycles. The molecule has 58 valence electrons. The maximum Gasteiger partial charge on any atom is 0.132 e. The van der Waals surface area contributed by atoms with Gasteiger partial charge in [0.05, 0.1) is 6.04 Å². The Labute approximate surface area is 65.2 Å². The summed E-state index contributed by atoms with van der Waals surface area (Å²) in [7, 11) is 0. The maximum absolute atomic E-state index is 12.8. The van der Waals surface area contributed by atoms with Crippen LogP contribution in [0.5, 0.6) is 0 Å². The summed E-state index contributed by atoms with van der Waals surface area (Å²) >= 11 is 0. The molecule has 1 N–H and O–H groups in total. The van der Waals surface area contributed by atoms with E-state index in [-0.39, 0.29) is 6.04 Å². The second-order valence-electron chi connectivity index (χ2n) is 2.81. The Morgan fingerprint density at radius 1 is 1.27 bits per heavy atom. The van der Waals surface area contributed by atoms with Crippen LogP contribution in [0, 0.1) is 0 Å². The van der Waals surface area contributed by atoms with Gasteiger partial charge in [0.2, 0.25) is 0 Å². The number of benzene rings is 1. The first-order chi connectivity index (χ1) is 5.38. The first-order valence-electron chi connectivity index (χ1n) is 3.80. The minimum Gasteiger partial charge on any atom is -0.304 e. The second-order valence-corrected chi connectivity index (χ2v) is 2.81. The maximum atomic E-state index is 12.8. The van der Waals surface area contributed by atoms with Gasteiger partial charge in [0.25, 0.3) is 0 Å². The highest BCUT2D eigenvalue weighted by atomic mass is 19.1. The normalized spacial score (nSPS) is 29.5. The van der Waals surface area contributed by atoms with Gasteiger partial charge >= 0.3 is 0 Å². The minimum absolute atomic E-state index is 0.0591. The van der Waals surface area contributed by atoms with Crippen molar-refractivity contribution in [1.82, 2.24) is 5.32 Å². The highest BCUT2D eigenvalue weighted by molar-refractivity contribution is 5.22. The lowest BCUT2D eigenvalue weighted by Gasteiger charge is -2.32. The van der Waals surface area contributed by atoms with Crippen LogP contribution < -0.4 is 5.32 Å². The number of nitrogens with one attached hydrogen (secondary N) is 1. The molecule has 0 aromatic heterocycles. The topological polar surface area (TPSA) is 12.0 Å². The summed E-state index contributed by atoms with van der Waals surface area (Å²) in [6.45, 7) is 0.500. The standard InChI is InChI=1S/C9H10FN/c10-8-6-11-9(8)7-4-2-1-3-5-7/h1-5,8-9,11H,6H2/t8-,9-/m0/s1. The van der Waals surface area contributed by atoms with Crippen LogP contribution >= 0.6 is 0 Å². The molecule has 0 bridgehead atoms.